The fourth-order valence-electron chi connectivity index (χ4n) is 3.97. The molecule has 2 unspecified atom stereocenters. The van der Waals surface area contributed by atoms with Crippen molar-refractivity contribution in [1.82, 2.24) is 4.90 Å². The average molecular weight is 457 g/mol. The van der Waals surface area contributed by atoms with Crippen LogP contribution < -0.4 is 0 Å². The first-order chi connectivity index (χ1) is 14.2. The number of rotatable bonds is 6. The third-order valence-electron chi connectivity index (χ3n) is 5.53. The lowest BCUT2D eigenvalue weighted by Gasteiger charge is -2.37. The van der Waals surface area contributed by atoms with Crippen molar-refractivity contribution in [3.63, 3.8) is 0 Å². The molecule has 0 bridgehead atoms. The SMILES string of the molecule is CCC1(C(=O)OC(C)(C)C)CCN(C(=O)O)C1c1cc([N+](=O)[O-])ccc1S(=O)(=O)CC. The van der Waals surface area contributed by atoms with Gasteiger partial charge < -0.3 is 14.7 Å². The Balaban J connectivity index is 2.85. The van der Waals surface area contributed by atoms with E-state index in [-0.39, 0.29) is 35.6 Å². The van der Waals surface area contributed by atoms with Crippen LogP contribution in [0, 0.1) is 15.5 Å². The molecular weight excluding hydrogens is 428 g/mol. The molecule has 1 N–H and O–H groups in total. The van der Waals surface area contributed by atoms with Crippen molar-refractivity contribution < 1.29 is 32.8 Å². The third kappa shape index (κ3) is 4.65. The minimum absolute atomic E-state index is 0.0403. The molecule has 0 radical (unpaired) electrons. The molecule has 1 aromatic rings. The Morgan fingerprint density at radius 3 is 2.39 bits per heavy atom. The van der Waals surface area contributed by atoms with Crippen LogP contribution in [0.4, 0.5) is 10.5 Å². The largest absolute Gasteiger partial charge is 0.465 e. The average Bonchev–Trinajstić information content (AvgIpc) is 3.07. The Morgan fingerprint density at radius 1 is 1.32 bits per heavy atom. The number of amides is 1. The van der Waals surface area contributed by atoms with Gasteiger partial charge in [-0.05, 0) is 39.7 Å². The van der Waals surface area contributed by atoms with E-state index < -0.39 is 49.6 Å². The van der Waals surface area contributed by atoms with Crippen LogP contribution in [0.5, 0.6) is 0 Å². The van der Waals surface area contributed by atoms with E-state index in [1.807, 2.05) is 0 Å². The number of carbonyl (C=O) groups excluding carboxylic acids is 1. The highest BCUT2D eigenvalue weighted by molar-refractivity contribution is 7.91. The van der Waals surface area contributed by atoms with Gasteiger partial charge in [-0.1, -0.05) is 13.8 Å². The van der Waals surface area contributed by atoms with Gasteiger partial charge >= 0.3 is 12.1 Å². The maximum absolute atomic E-state index is 13.3. The number of nitrogens with zero attached hydrogens (tertiary/aromatic N) is 2. The minimum atomic E-state index is -3.87. The van der Waals surface area contributed by atoms with Crippen LogP contribution in [-0.4, -0.2) is 53.3 Å². The van der Waals surface area contributed by atoms with Gasteiger partial charge in [0.15, 0.2) is 9.84 Å². The lowest BCUT2D eigenvalue weighted by atomic mass is 9.74. The van der Waals surface area contributed by atoms with Crippen molar-refractivity contribution in [3.8, 4) is 0 Å². The molecule has 2 atom stereocenters. The second-order valence-electron chi connectivity index (χ2n) is 8.52. The molecule has 2 rings (SSSR count). The van der Waals surface area contributed by atoms with E-state index in [1.54, 1.807) is 27.7 Å². The first-order valence-corrected chi connectivity index (χ1v) is 11.6. The summed E-state index contributed by atoms with van der Waals surface area (Å²) in [7, 11) is -3.87. The summed E-state index contributed by atoms with van der Waals surface area (Å²) in [5, 5.41) is 21.2. The second kappa shape index (κ2) is 8.45. The standard InChI is InChI=1S/C20H28N2O8S/c1-6-20(17(23)30-19(3,4)5)10-11-21(18(24)25)16(20)14-12-13(22(26)27)8-9-15(14)31(28,29)7-2/h8-9,12,16H,6-7,10-11H2,1-5H3,(H,24,25). The summed E-state index contributed by atoms with van der Waals surface area (Å²) in [6, 6.07) is 1.98. The van der Waals surface area contributed by atoms with Gasteiger partial charge in [-0.25, -0.2) is 13.2 Å². The molecule has 11 heteroatoms. The molecule has 1 aromatic carbocycles. The van der Waals surface area contributed by atoms with Gasteiger partial charge in [-0.2, -0.15) is 0 Å². The summed E-state index contributed by atoms with van der Waals surface area (Å²) >= 11 is 0. The molecule has 1 heterocycles. The van der Waals surface area contributed by atoms with Crippen LogP contribution in [-0.2, 0) is 19.4 Å². The predicted octanol–water partition coefficient (Wildman–Crippen LogP) is 3.55. The van der Waals surface area contributed by atoms with Crippen LogP contribution in [0.15, 0.2) is 23.1 Å². The lowest BCUT2D eigenvalue weighted by molar-refractivity contribution is -0.385. The van der Waals surface area contributed by atoms with Crippen LogP contribution in [0.3, 0.4) is 0 Å². The van der Waals surface area contributed by atoms with Crippen molar-refractivity contribution in [1.29, 1.82) is 0 Å². The maximum Gasteiger partial charge on any atom is 0.407 e. The molecule has 1 saturated heterocycles. The Bertz CT molecular complexity index is 999. The summed E-state index contributed by atoms with van der Waals surface area (Å²) in [5.74, 6) is -0.953. The van der Waals surface area contributed by atoms with Crippen molar-refractivity contribution >= 4 is 27.6 Å². The Morgan fingerprint density at radius 2 is 1.94 bits per heavy atom. The fourth-order valence-corrected chi connectivity index (χ4v) is 5.08. The molecule has 0 saturated carbocycles. The van der Waals surface area contributed by atoms with Gasteiger partial charge in [0.25, 0.3) is 5.69 Å². The van der Waals surface area contributed by atoms with E-state index in [0.717, 1.165) is 23.1 Å². The van der Waals surface area contributed by atoms with Crippen molar-refractivity contribution in [2.75, 3.05) is 12.3 Å². The van der Waals surface area contributed by atoms with Crippen molar-refractivity contribution in [3.05, 3.63) is 33.9 Å². The number of esters is 1. The van der Waals surface area contributed by atoms with Gasteiger partial charge in [0, 0.05) is 24.2 Å². The molecule has 1 fully saturated rings. The topological polar surface area (TPSA) is 144 Å². The summed E-state index contributed by atoms with van der Waals surface area (Å²) < 4.78 is 31.1. The monoisotopic (exact) mass is 456 g/mol. The van der Waals surface area contributed by atoms with E-state index in [4.69, 9.17) is 4.74 Å². The predicted molar refractivity (Wildman–Crippen MR) is 111 cm³/mol. The van der Waals surface area contributed by atoms with Crippen molar-refractivity contribution in [2.45, 2.75) is 64.0 Å². The van der Waals surface area contributed by atoms with E-state index in [2.05, 4.69) is 0 Å². The molecule has 0 aliphatic carbocycles. The number of hydrogen-bond donors (Lipinski definition) is 1. The summed E-state index contributed by atoms with van der Waals surface area (Å²) in [5.41, 5.74) is -2.72. The Labute approximate surface area is 181 Å². The summed E-state index contributed by atoms with van der Waals surface area (Å²) in [6.45, 7) is 8.09. The quantitative estimate of drug-likeness (QED) is 0.389. The third-order valence-corrected chi connectivity index (χ3v) is 7.33. The lowest BCUT2D eigenvalue weighted by Crippen LogP contribution is -2.43. The van der Waals surface area contributed by atoms with Gasteiger partial charge in [-0.15, -0.1) is 0 Å². The zero-order chi connectivity index (χ0) is 23.8. The molecule has 10 nitrogen and oxygen atoms in total. The first kappa shape index (κ1) is 24.6. The molecule has 31 heavy (non-hydrogen) atoms. The van der Waals surface area contributed by atoms with Crippen LogP contribution >= 0.6 is 0 Å². The molecule has 0 aromatic heterocycles. The van der Waals surface area contributed by atoms with Gasteiger partial charge in [0.1, 0.15) is 5.60 Å². The van der Waals surface area contributed by atoms with Gasteiger partial charge in [0.05, 0.1) is 27.0 Å². The van der Waals surface area contributed by atoms with E-state index in [9.17, 15) is 33.2 Å². The number of non-ortho nitro benzene ring substituents is 1. The molecule has 1 aliphatic rings. The van der Waals surface area contributed by atoms with E-state index in [1.165, 1.54) is 6.92 Å². The normalized spacial score (nSPS) is 21.7. The van der Waals surface area contributed by atoms with Gasteiger partial charge in [0.2, 0.25) is 0 Å². The number of likely N-dealkylation sites (tertiary alicyclic amines) is 1. The Hall–Kier alpha value is -2.69. The summed E-state index contributed by atoms with van der Waals surface area (Å²) in [4.78, 5) is 36.8. The second-order valence-corrected chi connectivity index (χ2v) is 10.8. The fraction of sp³-hybridized carbons (Fsp3) is 0.600. The van der Waals surface area contributed by atoms with Crippen LogP contribution in [0.1, 0.15) is 59.1 Å². The number of carbonyl (C=O) groups is 2. The number of nitro groups is 1. The number of benzene rings is 1. The van der Waals surface area contributed by atoms with Gasteiger partial charge in [-0.3, -0.25) is 14.9 Å². The number of nitro benzene ring substituents is 1. The summed E-state index contributed by atoms with van der Waals surface area (Å²) in [6.07, 6.45) is -1.09. The molecule has 0 spiro atoms. The molecule has 172 valence electrons. The van der Waals surface area contributed by atoms with E-state index in [0.29, 0.717) is 0 Å². The number of carboxylic acid groups (broad SMARTS) is 1. The molecule has 1 amide bonds. The van der Waals surface area contributed by atoms with Crippen molar-refractivity contribution in [2.24, 2.45) is 5.41 Å². The zero-order valence-electron chi connectivity index (χ0n) is 18.2. The van der Waals surface area contributed by atoms with E-state index >= 15 is 0 Å². The molecule has 1 aliphatic heterocycles. The van der Waals surface area contributed by atoms with Crippen LogP contribution in [0.2, 0.25) is 0 Å². The highest BCUT2D eigenvalue weighted by Crippen LogP contribution is 2.52. The molecular formula is C20H28N2O8S. The first-order valence-electron chi connectivity index (χ1n) is 9.94. The highest BCUT2D eigenvalue weighted by Gasteiger charge is 2.56. The van der Waals surface area contributed by atoms with Crippen LogP contribution in [0.25, 0.3) is 0 Å². The Kier molecular flexibility index (Phi) is 6.70. The maximum atomic E-state index is 13.3. The number of hydrogen-bond acceptors (Lipinski definition) is 7. The minimum Gasteiger partial charge on any atom is -0.465 e. The zero-order valence-corrected chi connectivity index (χ0v) is 19.1. The number of ether oxygens (including phenoxy) is 1. The highest BCUT2D eigenvalue weighted by atomic mass is 32.2. The smallest absolute Gasteiger partial charge is 0.407 e. The number of sulfone groups is 1.